The molecule has 3 rings (SSSR count). The minimum atomic E-state index is -0.841. The molecular weight excluding hydrogens is 274 g/mol. The summed E-state index contributed by atoms with van der Waals surface area (Å²) in [5, 5.41) is 3.35. The summed E-state index contributed by atoms with van der Waals surface area (Å²) >= 11 is 0. The third kappa shape index (κ3) is 2.67. The van der Waals surface area contributed by atoms with E-state index in [1.54, 1.807) is 6.07 Å². The molecule has 4 atom stereocenters. The van der Waals surface area contributed by atoms with Gasteiger partial charge in [-0.2, -0.15) is 0 Å². The number of nitrogens with zero attached hydrogens (tertiary/aromatic N) is 1. The molecule has 0 spiro atoms. The van der Waals surface area contributed by atoms with Crippen LogP contribution in [0.5, 0.6) is 0 Å². The molecule has 1 saturated carbocycles. The van der Waals surface area contributed by atoms with Crippen LogP contribution in [0.1, 0.15) is 31.7 Å². The summed E-state index contributed by atoms with van der Waals surface area (Å²) < 4.78 is 26.3. The fourth-order valence-electron chi connectivity index (χ4n) is 3.16. The zero-order valence-electron chi connectivity index (χ0n) is 12.3. The summed E-state index contributed by atoms with van der Waals surface area (Å²) in [4.78, 5) is 14.5. The van der Waals surface area contributed by atoms with E-state index in [9.17, 15) is 13.6 Å². The Morgan fingerprint density at radius 2 is 2.05 bits per heavy atom. The summed E-state index contributed by atoms with van der Waals surface area (Å²) in [6, 6.07) is 4.39. The van der Waals surface area contributed by atoms with Crippen LogP contribution < -0.4 is 5.32 Å². The van der Waals surface area contributed by atoms with Crippen molar-refractivity contribution >= 4 is 5.91 Å². The van der Waals surface area contributed by atoms with Crippen molar-refractivity contribution in [3.63, 3.8) is 0 Å². The van der Waals surface area contributed by atoms with Crippen LogP contribution in [0.25, 0.3) is 0 Å². The number of hydrogen-bond acceptors (Lipinski definition) is 2. The first kappa shape index (κ1) is 14.4. The van der Waals surface area contributed by atoms with E-state index in [-0.39, 0.29) is 29.8 Å². The van der Waals surface area contributed by atoms with Crippen molar-refractivity contribution in [2.75, 3.05) is 13.1 Å². The van der Waals surface area contributed by atoms with E-state index in [0.717, 1.165) is 24.6 Å². The average molecular weight is 294 g/mol. The number of amides is 1. The molecule has 1 amide bonds. The smallest absolute Gasteiger partial charge is 0.226 e. The van der Waals surface area contributed by atoms with Crippen LogP contribution in [-0.2, 0) is 4.79 Å². The Morgan fingerprint density at radius 3 is 2.76 bits per heavy atom. The lowest BCUT2D eigenvalue weighted by atomic mass is 10.0. The van der Waals surface area contributed by atoms with Gasteiger partial charge in [-0.15, -0.1) is 0 Å². The van der Waals surface area contributed by atoms with E-state index in [1.165, 1.54) is 6.07 Å². The average Bonchev–Trinajstić information content (AvgIpc) is 3.24. The van der Waals surface area contributed by atoms with E-state index in [2.05, 4.69) is 12.2 Å². The van der Waals surface area contributed by atoms with Crippen molar-refractivity contribution < 1.29 is 13.6 Å². The molecule has 4 unspecified atom stereocenters. The van der Waals surface area contributed by atoms with Gasteiger partial charge < -0.3 is 10.2 Å². The molecule has 0 bridgehead atoms. The highest BCUT2D eigenvalue weighted by Gasteiger charge is 2.47. The SMILES string of the molecule is CC1NCCN(C(=O)C2CC2c2ccc(F)c(F)c2)C1C. The molecular formula is C16H20F2N2O. The molecule has 1 heterocycles. The molecule has 2 aliphatic rings. The van der Waals surface area contributed by atoms with Crippen LogP contribution in [-0.4, -0.2) is 36.0 Å². The van der Waals surface area contributed by atoms with E-state index >= 15 is 0 Å². The zero-order valence-corrected chi connectivity index (χ0v) is 12.3. The Hall–Kier alpha value is -1.49. The fourth-order valence-corrected chi connectivity index (χ4v) is 3.16. The molecule has 0 aromatic heterocycles. The van der Waals surface area contributed by atoms with Crippen LogP contribution in [0.2, 0.25) is 0 Å². The molecule has 1 N–H and O–H groups in total. The maximum Gasteiger partial charge on any atom is 0.226 e. The van der Waals surface area contributed by atoms with Crippen LogP contribution in [0.4, 0.5) is 8.78 Å². The van der Waals surface area contributed by atoms with Gasteiger partial charge in [-0.25, -0.2) is 8.78 Å². The first-order chi connectivity index (χ1) is 9.99. The number of benzene rings is 1. The van der Waals surface area contributed by atoms with Crippen molar-refractivity contribution in [3.8, 4) is 0 Å². The second-order valence-corrected chi connectivity index (χ2v) is 6.14. The zero-order chi connectivity index (χ0) is 15.1. The topological polar surface area (TPSA) is 32.3 Å². The highest BCUT2D eigenvalue weighted by atomic mass is 19.2. The van der Waals surface area contributed by atoms with Crippen LogP contribution >= 0.6 is 0 Å². The highest BCUT2D eigenvalue weighted by Crippen LogP contribution is 2.49. The van der Waals surface area contributed by atoms with Gasteiger partial charge in [0.25, 0.3) is 0 Å². The van der Waals surface area contributed by atoms with Crippen LogP contribution in [0.15, 0.2) is 18.2 Å². The van der Waals surface area contributed by atoms with Crippen molar-refractivity contribution in [2.24, 2.45) is 5.92 Å². The van der Waals surface area contributed by atoms with Crippen LogP contribution in [0, 0.1) is 17.6 Å². The van der Waals surface area contributed by atoms with Gasteiger partial charge in [-0.1, -0.05) is 6.07 Å². The molecule has 1 saturated heterocycles. The molecule has 1 aliphatic carbocycles. The Labute approximate surface area is 123 Å². The number of nitrogens with one attached hydrogen (secondary N) is 1. The number of rotatable bonds is 2. The van der Waals surface area contributed by atoms with Gasteiger partial charge in [0.05, 0.1) is 0 Å². The van der Waals surface area contributed by atoms with E-state index in [0.29, 0.717) is 6.54 Å². The molecule has 21 heavy (non-hydrogen) atoms. The standard InChI is InChI=1S/C16H20F2N2O/c1-9-10(2)20(6-5-19-9)16(21)13-8-12(13)11-3-4-14(17)15(18)7-11/h3-4,7,9-10,12-13,19H,5-6,8H2,1-2H3. The largest absolute Gasteiger partial charge is 0.337 e. The predicted molar refractivity (Wildman–Crippen MR) is 75.8 cm³/mol. The van der Waals surface area contributed by atoms with Gasteiger partial charge in [0.1, 0.15) is 0 Å². The number of piperazine rings is 1. The number of halogens is 2. The highest BCUT2D eigenvalue weighted by molar-refractivity contribution is 5.83. The lowest BCUT2D eigenvalue weighted by Gasteiger charge is -2.38. The first-order valence-electron chi connectivity index (χ1n) is 7.48. The number of carbonyl (C=O) groups is 1. The van der Waals surface area contributed by atoms with Gasteiger partial charge in [0, 0.05) is 31.1 Å². The minimum absolute atomic E-state index is 0.0324. The summed E-state index contributed by atoms with van der Waals surface area (Å²) in [5.74, 6) is -1.58. The third-order valence-corrected chi connectivity index (χ3v) is 4.80. The van der Waals surface area contributed by atoms with Gasteiger partial charge >= 0.3 is 0 Å². The molecule has 0 radical (unpaired) electrons. The second-order valence-electron chi connectivity index (χ2n) is 6.14. The first-order valence-corrected chi connectivity index (χ1v) is 7.48. The third-order valence-electron chi connectivity index (χ3n) is 4.80. The lowest BCUT2D eigenvalue weighted by Crippen LogP contribution is -2.57. The molecule has 1 aromatic carbocycles. The second kappa shape index (κ2) is 5.37. The van der Waals surface area contributed by atoms with Crippen molar-refractivity contribution in [1.29, 1.82) is 0 Å². The van der Waals surface area contributed by atoms with Gasteiger partial charge in [0.2, 0.25) is 5.91 Å². The minimum Gasteiger partial charge on any atom is -0.337 e. The van der Waals surface area contributed by atoms with Gasteiger partial charge in [0.15, 0.2) is 11.6 Å². The Morgan fingerprint density at radius 1 is 1.29 bits per heavy atom. The van der Waals surface area contributed by atoms with E-state index in [4.69, 9.17) is 0 Å². The van der Waals surface area contributed by atoms with Gasteiger partial charge in [-0.3, -0.25) is 4.79 Å². The van der Waals surface area contributed by atoms with Crippen molar-refractivity contribution in [3.05, 3.63) is 35.4 Å². The molecule has 5 heteroatoms. The Kier molecular flexibility index (Phi) is 3.69. The van der Waals surface area contributed by atoms with Gasteiger partial charge in [-0.05, 0) is 43.9 Å². The Balaban J connectivity index is 1.69. The Bertz CT molecular complexity index is 563. The number of carbonyl (C=O) groups excluding carboxylic acids is 1. The van der Waals surface area contributed by atoms with E-state index in [1.807, 2.05) is 11.8 Å². The summed E-state index contributed by atoms with van der Waals surface area (Å²) in [7, 11) is 0. The molecule has 2 fully saturated rings. The lowest BCUT2D eigenvalue weighted by molar-refractivity contribution is -0.136. The molecule has 1 aliphatic heterocycles. The molecule has 3 nitrogen and oxygen atoms in total. The monoisotopic (exact) mass is 294 g/mol. The fraction of sp³-hybridized carbons (Fsp3) is 0.562. The van der Waals surface area contributed by atoms with E-state index < -0.39 is 11.6 Å². The number of hydrogen-bond donors (Lipinski definition) is 1. The summed E-state index contributed by atoms with van der Waals surface area (Å²) in [6.07, 6.45) is 0.731. The predicted octanol–water partition coefficient (Wildman–Crippen LogP) is 2.28. The maximum atomic E-state index is 13.3. The molecule has 114 valence electrons. The van der Waals surface area contributed by atoms with Crippen LogP contribution in [0.3, 0.4) is 0 Å². The summed E-state index contributed by atoms with van der Waals surface area (Å²) in [6.45, 7) is 5.64. The van der Waals surface area contributed by atoms with Crippen molar-refractivity contribution in [2.45, 2.75) is 38.3 Å². The van der Waals surface area contributed by atoms with Crippen molar-refractivity contribution in [1.82, 2.24) is 10.2 Å². The quantitative estimate of drug-likeness (QED) is 0.907. The maximum absolute atomic E-state index is 13.3. The summed E-state index contributed by atoms with van der Waals surface area (Å²) in [5.41, 5.74) is 0.725. The molecule has 1 aromatic rings. The normalized spacial score (nSPS) is 32.1.